The first kappa shape index (κ1) is 12.3. The van der Waals surface area contributed by atoms with Gasteiger partial charge in [0.15, 0.2) is 0 Å². The lowest BCUT2D eigenvalue weighted by Gasteiger charge is -2.17. The highest BCUT2D eigenvalue weighted by atomic mass is 16.5. The van der Waals surface area contributed by atoms with Crippen LogP contribution in [-0.2, 0) is 0 Å². The highest BCUT2D eigenvalue weighted by Gasteiger charge is 2.13. The maximum Gasteiger partial charge on any atom is 0.409 e. The highest BCUT2D eigenvalue weighted by Crippen LogP contribution is 2.15. The van der Waals surface area contributed by atoms with Crippen LogP contribution in [0.3, 0.4) is 0 Å². The molecule has 16 heavy (non-hydrogen) atoms. The molecule has 0 bridgehead atoms. The second-order valence-electron chi connectivity index (χ2n) is 3.91. The van der Waals surface area contributed by atoms with Crippen LogP contribution in [0.1, 0.15) is 13.8 Å². The van der Waals surface area contributed by atoms with Crippen LogP contribution in [0.15, 0.2) is 18.3 Å². The zero-order chi connectivity index (χ0) is 12.2. The van der Waals surface area contributed by atoms with Crippen LogP contribution < -0.4 is 10.1 Å². The first-order valence-corrected chi connectivity index (χ1v) is 4.68. The van der Waals surface area contributed by atoms with E-state index in [1.165, 1.54) is 18.3 Å². The molecule has 1 rings (SSSR count). The van der Waals surface area contributed by atoms with Crippen LogP contribution in [0, 0.1) is 0 Å². The SMILES string of the molecule is CC(C)(O)COc1cc(NC(=O)O)ccn1. The fourth-order valence-electron chi connectivity index (χ4n) is 0.940. The molecule has 1 heterocycles. The van der Waals surface area contributed by atoms with Crippen molar-refractivity contribution in [3.8, 4) is 5.88 Å². The molecule has 6 nitrogen and oxygen atoms in total. The predicted molar refractivity (Wildman–Crippen MR) is 57.7 cm³/mol. The summed E-state index contributed by atoms with van der Waals surface area (Å²) < 4.78 is 5.20. The number of nitrogens with zero attached hydrogens (tertiary/aromatic N) is 1. The third-order valence-corrected chi connectivity index (χ3v) is 1.56. The van der Waals surface area contributed by atoms with Gasteiger partial charge in [-0.15, -0.1) is 0 Å². The number of carboxylic acid groups (broad SMARTS) is 1. The minimum Gasteiger partial charge on any atom is -0.475 e. The first-order valence-electron chi connectivity index (χ1n) is 4.68. The van der Waals surface area contributed by atoms with E-state index in [1.807, 2.05) is 0 Å². The molecule has 0 saturated heterocycles. The van der Waals surface area contributed by atoms with Crippen LogP contribution in [0.5, 0.6) is 5.88 Å². The fourth-order valence-corrected chi connectivity index (χ4v) is 0.940. The molecule has 1 aromatic rings. The molecule has 0 saturated carbocycles. The maximum atomic E-state index is 10.4. The summed E-state index contributed by atoms with van der Waals surface area (Å²) in [5, 5.41) is 20.1. The quantitative estimate of drug-likeness (QED) is 0.720. The van der Waals surface area contributed by atoms with E-state index >= 15 is 0 Å². The van der Waals surface area contributed by atoms with Gasteiger partial charge in [0, 0.05) is 12.3 Å². The van der Waals surface area contributed by atoms with Crippen LogP contribution in [0.2, 0.25) is 0 Å². The molecule has 0 aromatic carbocycles. The summed E-state index contributed by atoms with van der Waals surface area (Å²) in [6, 6.07) is 2.95. The molecule has 0 spiro atoms. The fraction of sp³-hybridized carbons (Fsp3) is 0.400. The van der Waals surface area contributed by atoms with E-state index in [2.05, 4.69) is 10.3 Å². The number of hydrogen-bond donors (Lipinski definition) is 3. The number of carbonyl (C=O) groups is 1. The van der Waals surface area contributed by atoms with Gasteiger partial charge in [0.1, 0.15) is 6.61 Å². The molecule has 0 aliphatic carbocycles. The van der Waals surface area contributed by atoms with Crippen molar-refractivity contribution >= 4 is 11.8 Å². The standard InChI is InChI=1S/C10H14N2O4/c1-10(2,15)6-16-8-5-7(3-4-11-8)12-9(13)14/h3-5,15H,6H2,1-2H3,(H,11,12)(H,13,14). The van der Waals surface area contributed by atoms with Gasteiger partial charge in [0.2, 0.25) is 5.88 Å². The van der Waals surface area contributed by atoms with Gasteiger partial charge in [0.25, 0.3) is 0 Å². The molecule has 0 atom stereocenters. The van der Waals surface area contributed by atoms with Gasteiger partial charge in [-0.05, 0) is 19.9 Å². The van der Waals surface area contributed by atoms with E-state index in [-0.39, 0.29) is 12.5 Å². The van der Waals surface area contributed by atoms with Crippen LogP contribution in [0.25, 0.3) is 0 Å². The molecule has 0 aliphatic heterocycles. The normalized spacial score (nSPS) is 10.9. The smallest absolute Gasteiger partial charge is 0.409 e. The Morgan fingerprint density at radius 2 is 2.31 bits per heavy atom. The van der Waals surface area contributed by atoms with Crippen LogP contribution in [-0.4, -0.2) is 33.5 Å². The van der Waals surface area contributed by atoms with Gasteiger partial charge in [0.05, 0.1) is 11.3 Å². The Balaban J connectivity index is 2.64. The maximum absolute atomic E-state index is 10.4. The number of aromatic nitrogens is 1. The Morgan fingerprint density at radius 3 is 2.88 bits per heavy atom. The molecule has 0 unspecified atom stereocenters. The molecule has 0 aliphatic rings. The van der Waals surface area contributed by atoms with Crippen molar-refractivity contribution in [2.75, 3.05) is 11.9 Å². The number of ether oxygens (including phenoxy) is 1. The molecule has 3 N–H and O–H groups in total. The van der Waals surface area contributed by atoms with Gasteiger partial charge < -0.3 is 14.9 Å². The van der Waals surface area contributed by atoms with Gasteiger partial charge in [-0.3, -0.25) is 5.32 Å². The van der Waals surface area contributed by atoms with E-state index in [9.17, 15) is 9.90 Å². The van der Waals surface area contributed by atoms with Crippen molar-refractivity contribution in [3.63, 3.8) is 0 Å². The van der Waals surface area contributed by atoms with Crippen molar-refractivity contribution in [1.29, 1.82) is 0 Å². The average molecular weight is 226 g/mol. The molecule has 6 heteroatoms. The summed E-state index contributed by atoms with van der Waals surface area (Å²) in [4.78, 5) is 14.3. The number of hydrogen-bond acceptors (Lipinski definition) is 4. The molecular weight excluding hydrogens is 212 g/mol. The number of pyridine rings is 1. The van der Waals surface area contributed by atoms with E-state index in [0.29, 0.717) is 5.69 Å². The van der Waals surface area contributed by atoms with Gasteiger partial charge >= 0.3 is 6.09 Å². The highest BCUT2D eigenvalue weighted by molar-refractivity contribution is 5.82. The lowest BCUT2D eigenvalue weighted by atomic mass is 10.2. The van der Waals surface area contributed by atoms with Crippen molar-refractivity contribution < 1.29 is 19.7 Å². The van der Waals surface area contributed by atoms with Crippen molar-refractivity contribution in [2.24, 2.45) is 0 Å². The third-order valence-electron chi connectivity index (χ3n) is 1.56. The van der Waals surface area contributed by atoms with E-state index in [1.54, 1.807) is 13.8 Å². The number of amides is 1. The Kier molecular flexibility index (Phi) is 3.68. The van der Waals surface area contributed by atoms with Gasteiger partial charge in [-0.2, -0.15) is 0 Å². The predicted octanol–water partition coefficient (Wildman–Crippen LogP) is 1.32. The van der Waals surface area contributed by atoms with Crippen LogP contribution >= 0.6 is 0 Å². The van der Waals surface area contributed by atoms with E-state index in [0.717, 1.165) is 0 Å². The van der Waals surface area contributed by atoms with Crippen LogP contribution in [0.4, 0.5) is 10.5 Å². The van der Waals surface area contributed by atoms with Crippen molar-refractivity contribution in [1.82, 2.24) is 4.98 Å². The molecule has 0 fully saturated rings. The summed E-state index contributed by atoms with van der Waals surface area (Å²) in [6.45, 7) is 3.29. The van der Waals surface area contributed by atoms with Gasteiger partial charge in [-0.25, -0.2) is 9.78 Å². The molecular formula is C10H14N2O4. The van der Waals surface area contributed by atoms with Crippen molar-refractivity contribution in [3.05, 3.63) is 18.3 Å². The number of anilines is 1. The van der Waals surface area contributed by atoms with E-state index < -0.39 is 11.7 Å². The minimum absolute atomic E-state index is 0.0799. The summed E-state index contributed by atoms with van der Waals surface area (Å²) in [7, 11) is 0. The zero-order valence-electron chi connectivity index (χ0n) is 9.10. The lowest BCUT2D eigenvalue weighted by Crippen LogP contribution is -2.28. The van der Waals surface area contributed by atoms with Gasteiger partial charge in [-0.1, -0.05) is 0 Å². The first-order chi connectivity index (χ1) is 7.37. The number of aliphatic hydroxyl groups is 1. The Bertz CT molecular complexity index is 373. The summed E-state index contributed by atoms with van der Waals surface area (Å²) in [6.07, 6.45) is 0.268. The molecule has 1 amide bonds. The molecule has 1 aromatic heterocycles. The second-order valence-corrected chi connectivity index (χ2v) is 3.91. The average Bonchev–Trinajstić information content (AvgIpc) is 2.13. The zero-order valence-corrected chi connectivity index (χ0v) is 9.10. The van der Waals surface area contributed by atoms with Crippen molar-refractivity contribution in [2.45, 2.75) is 19.4 Å². The molecule has 0 radical (unpaired) electrons. The number of rotatable bonds is 4. The summed E-state index contributed by atoms with van der Waals surface area (Å²) >= 11 is 0. The topological polar surface area (TPSA) is 91.7 Å². The third kappa shape index (κ3) is 4.61. The Labute approximate surface area is 92.9 Å². The monoisotopic (exact) mass is 226 g/mol. The second kappa shape index (κ2) is 4.80. The van der Waals surface area contributed by atoms with E-state index in [4.69, 9.17) is 9.84 Å². The Hall–Kier alpha value is -1.82. The summed E-state index contributed by atoms with van der Waals surface area (Å²) in [5.74, 6) is 0.258. The molecule has 88 valence electrons. The largest absolute Gasteiger partial charge is 0.475 e. The minimum atomic E-state index is -1.15. The number of nitrogens with one attached hydrogen (secondary N) is 1. The Morgan fingerprint density at radius 1 is 1.62 bits per heavy atom. The summed E-state index contributed by atoms with van der Waals surface area (Å²) in [5.41, 5.74) is -0.592. The lowest BCUT2D eigenvalue weighted by molar-refractivity contribution is 0.0268.